The summed E-state index contributed by atoms with van der Waals surface area (Å²) < 4.78 is 3.41. The minimum Gasteiger partial charge on any atom is -0.368 e. The number of rotatable bonds is 7. The SMILES string of the molecule is CCc1ccccc1N1CCN(C(=O)c2cc(C)nn2-c2ccc(Cl)cc2)CC1.Cc1cc(C(=O)N2CCN(c3cccc(Cl)c3)CC2)n(-c2ccc(Cl)cc2)n1. The topological polar surface area (TPSA) is 82.7 Å². The summed E-state index contributed by atoms with van der Waals surface area (Å²) in [6.07, 6.45) is 1.01. The maximum Gasteiger partial charge on any atom is 0.272 e. The van der Waals surface area contributed by atoms with Crippen molar-refractivity contribution in [3.05, 3.63) is 153 Å². The van der Waals surface area contributed by atoms with Gasteiger partial charge in [-0.25, -0.2) is 9.36 Å². The van der Waals surface area contributed by atoms with Crippen molar-refractivity contribution in [2.24, 2.45) is 0 Å². The molecule has 4 heterocycles. The first-order chi connectivity index (χ1) is 27.6. The molecular formula is C44H45Cl3N8O2. The number of hydrogen-bond donors (Lipinski definition) is 0. The Morgan fingerprint density at radius 1 is 0.526 bits per heavy atom. The summed E-state index contributed by atoms with van der Waals surface area (Å²) in [5, 5.41) is 11.1. The van der Waals surface area contributed by atoms with Gasteiger partial charge >= 0.3 is 0 Å². The molecule has 2 aliphatic rings. The van der Waals surface area contributed by atoms with E-state index in [1.807, 2.05) is 96.4 Å². The maximum atomic E-state index is 13.3. The van der Waals surface area contributed by atoms with Crippen LogP contribution in [0.25, 0.3) is 11.4 Å². The van der Waals surface area contributed by atoms with Crippen LogP contribution in [0.2, 0.25) is 15.1 Å². The monoisotopic (exact) mass is 822 g/mol. The van der Waals surface area contributed by atoms with E-state index in [0.717, 1.165) is 66.1 Å². The molecule has 6 aromatic rings. The average molecular weight is 824 g/mol. The van der Waals surface area contributed by atoms with Crippen molar-refractivity contribution < 1.29 is 9.59 Å². The molecule has 8 rings (SSSR count). The van der Waals surface area contributed by atoms with Gasteiger partial charge < -0.3 is 19.6 Å². The van der Waals surface area contributed by atoms with E-state index in [1.54, 1.807) is 21.5 Å². The molecule has 57 heavy (non-hydrogen) atoms. The van der Waals surface area contributed by atoms with Crippen molar-refractivity contribution in [1.29, 1.82) is 0 Å². The fourth-order valence-electron chi connectivity index (χ4n) is 7.30. The number of piperazine rings is 2. The first-order valence-corrected chi connectivity index (χ1v) is 20.3. The molecule has 10 nitrogen and oxygen atoms in total. The summed E-state index contributed by atoms with van der Waals surface area (Å²) in [5.74, 6) is 0.00488. The van der Waals surface area contributed by atoms with Gasteiger partial charge in [-0.2, -0.15) is 10.2 Å². The Bertz CT molecular complexity index is 2320. The molecule has 2 amide bonds. The Labute approximate surface area is 348 Å². The minimum atomic E-state index is -0.0127. The van der Waals surface area contributed by atoms with Crippen LogP contribution in [0.15, 0.2) is 109 Å². The molecule has 2 fully saturated rings. The van der Waals surface area contributed by atoms with Gasteiger partial charge in [0.05, 0.1) is 22.8 Å². The lowest BCUT2D eigenvalue weighted by Gasteiger charge is -2.37. The second kappa shape index (κ2) is 17.9. The number of carbonyl (C=O) groups is 2. The van der Waals surface area contributed by atoms with E-state index in [1.165, 1.54) is 11.3 Å². The van der Waals surface area contributed by atoms with Crippen molar-refractivity contribution in [2.75, 3.05) is 62.2 Å². The van der Waals surface area contributed by atoms with Crippen molar-refractivity contribution in [3.63, 3.8) is 0 Å². The Kier molecular flexibility index (Phi) is 12.5. The van der Waals surface area contributed by atoms with Crippen molar-refractivity contribution >= 4 is 58.0 Å². The lowest BCUT2D eigenvalue weighted by Crippen LogP contribution is -2.49. The van der Waals surface area contributed by atoms with Gasteiger partial charge in [0.1, 0.15) is 11.4 Å². The molecule has 0 aliphatic carbocycles. The van der Waals surface area contributed by atoms with Crippen LogP contribution in [-0.4, -0.2) is 93.5 Å². The quantitative estimate of drug-likeness (QED) is 0.160. The Balaban J connectivity index is 0.000000174. The van der Waals surface area contributed by atoms with Gasteiger partial charge in [-0.05, 0) is 111 Å². The molecule has 0 saturated carbocycles. The molecule has 294 valence electrons. The van der Waals surface area contributed by atoms with Gasteiger partial charge in [0.15, 0.2) is 0 Å². The standard InChI is InChI=1S/C23H25ClN4O.C21H20Cl2N4O/c1-3-18-6-4-5-7-21(18)26-12-14-27(15-13-26)23(29)22-16-17(2)25-28(22)20-10-8-19(24)9-11-20;1-15-13-20(27(24-15)18-7-5-16(22)6-8-18)21(28)26-11-9-25(10-12-26)19-4-2-3-17(23)14-19/h4-11,16H,3,12-15H2,1-2H3;2-8,13-14H,9-12H2,1H3. The highest BCUT2D eigenvalue weighted by atomic mass is 35.5. The number of carbonyl (C=O) groups excluding carboxylic acids is 2. The number of halogens is 3. The summed E-state index contributed by atoms with van der Waals surface area (Å²) in [6, 6.07) is 34.7. The molecule has 0 radical (unpaired) electrons. The van der Waals surface area contributed by atoms with Gasteiger partial charge in [0, 0.05) is 78.8 Å². The number of anilines is 2. The van der Waals surface area contributed by atoms with E-state index < -0.39 is 0 Å². The van der Waals surface area contributed by atoms with Gasteiger partial charge in [-0.1, -0.05) is 66.0 Å². The van der Waals surface area contributed by atoms with Gasteiger partial charge in [0.2, 0.25) is 0 Å². The van der Waals surface area contributed by atoms with Crippen LogP contribution in [-0.2, 0) is 6.42 Å². The van der Waals surface area contributed by atoms with Gasteiger partial charge in [-0.3, -0.25) is 9.59 Å². The fraction of sp³-hybridized carbons (Fsp3) is 0.273. The zero-order valence-corrected chi connectivity index (χ0v) is 34.6. The molecule has 0 atom stereocenters. The zero-order chi connectivity index (χ0) is 40.1. The highest BCUT2D eigenvalue weighted by Crippen LogP contribution is 2.25. The third-order valence-electron chi connectivity index (χ3n) is 10.3. The van der Waals surface area contributed by atoms with Crippen LogP contribution < -0.4 is 9.80 Å². The molecule has 0 spiro atoms. The number of benzene rings is 4. The molecule has 2 aromatic heterocycles. The molecule has 4 aromatic carbocycles. The summed E-state index contributed by atoms with van der Waals surface area (Å²) >= 11 is 18.1. The molecule has 13 heteroatoms. The lowest BCUT2D eigenvalue weighted by atomic mass is 10.1. The highest BCUT2D eigenvalue weighted by molar-refractivity contribution is 6.31. The molecular weight excluding hydrogens is 779 g/mol. The smallest absolute Gasteiger partial charge is 0.272 e. The third-order valence-corrected chi connectivity index (χ3v) is 11.0. The van der Waals surface area contributed by atoms with Crippen LogP contribution in [0.3, 0.4) is 0 Å². The van der Waals surface area contributed by atoms with E-state index in [2.05, 4.69) is 51.2 Å². The van der Waals surface area contributed by atoms with Crippen LogP contribution in [0, 0.1) is 13.8 Å². The number of nitrogens with zero attached hydrogens (tertiary/aromatic N) is 8. The first kappa shape index (κ1) is 39.9. The predicted molar refractivity (Wildman–Crippen MR) is 230 cm³/mol. The maximum absolute atomic E-state index is 13.3. The molecule has 0 bridgehead atoms. The van der Waals surface area contributed by atoms with Crippen molar-refractivity contribution in [1.82, 2.24) is 29.4 Å². The van der Waals surface area contributed by atoms with E-state index in [0.29, 0.717) is 47.6 Å². The third kappa shape index (κ3) is 9.31. The Morgan fingerprint density at radius 2 is 1.00 bits per heavy atom. The predicted octanol–water partition coefficient (Wildman–Crippen LogP) is 8.81. The van der Waals surface area contributed by atoms with Crippen LogP contribution in [0.5, 0.6) is 0 Å². The van der Waals surface area contributed by atoms with Gasteiger partial charge in [-0.15, -0.1) is 0 Å². The Hall–Kier alpha value is -5.29. The fourth-order valence-corrected chi connectivity index (χ4v) is 7.73. The van der Waals surface area contributed by atoms with Crippen LogP contribution in [0.4, 0.5) is 11.4 Å². The summed E-state index contributed by atoms with van der Waals surface area (Å²) in [6.45, 7) is 11.9. The normalized spacial score (nSPS) is 14.4. The van der Waals surface area contributed by atoms with E-state index >= 15 is 0 Å². The average Bonchev–Trinajstić information content (AvgIpc) is 3.83. The number of hydrogen-bond acceptors (Lipinski definition) is 6. The first-order valence-electron chi connectivity index (χ1n) is 19.1. The van der Waals surface area contributed by atoms with Crippen LogP contribution in [0.1, 0.15) is 44.9 Å². The van der Waals surface area contributed by atoms with E-state index in [-0.39, 0.29) is 11.8 Å². The summed E-state index contributed by atoms with van der Waals surface area (Å²) in [5.41, 5.74) is 8.15. The molecule has 2 saturated heterocycles. The molecule has 0 unspecified atom stereocenters. The highest BCUT2D eigenvalue weighted by Gasteiger charge is 2.27. The summed E-state index contributed by atoms with van der Waals surface area (Å²) in [7, 11) is 0. The molecule has 2 aliphatic heterocycles. The number of aryl methyl sites for hydroxylation is 3. The number of amides is 2. The van der Waals surface area contributed by atoms with Gasteiger partial charge in [0.25, 0.3) is 11.8 Å². The second-order valence-electron chi connectivity index (χ2n) is 14.1. The minimum absolute atomic E-state index is 0.0127. The van der Waals surface area contributed by atoms with Crippen LogP contribution >= 0.6 is 34.8 Å². The van der Waals surface area contributed by atoms with Crippen molar-refractivity contribution in [2.45, 2.75) is 27.2 Å². The zero-order valence-electron chi connectivity index (χ0n) is 32.3. The number of para-hydroxylation sites is 1. The summed E-state index contributed by atoms with van der Waals surface area (Å²) in [4.78, 5) is 34.9. The molecule has 0 N–H and O–H groups in total. The number of aromatic nitrogens is 4. The van der Waals surface area contributed by atoms with E-state index in [4.69, 9.17) is 34.8 Å². The van der Waals surface area contributed by atoms with E-state index in [9.17, 15) is 9.59 Å². The largest absolute Gasteiger partial charge is 0.368 e. The Morgan fingerprint density at radius 3 is 1.47 bits per heavy atom. The second-order valence-corrected chi connectivity index (χ2v) is 15.4. The lowest BCUT2D eigenvalue weighted by molar-refractivity contribution is 0.0730. The van der Waals surface area contributed by atoms with Crippen molar-refractivity contribution in [3.8, 4) is 11.4 Å².